The summed E-state index contributed by atoms with van der Waals surface area (Å²) in [5.41, 5.74) is 6.12. The normalized spacial score (nSPS) is 22.5. The lowest BCUT2D eigenvalue weighted by atomic mass is 9.98. The average Bonchev–Trinajstić information content (AvgIpc) is 2.60. The molecule has 14 heavy (non-hydrogen) atoms. The topological polar surface area (TPSA) is 38.0 Å². The Morgan fingerprint density at radius 2 is 2.00 bits per heavy atom. The SMILES string of the molecule is CCC(CN)CCNC1(C)CCCC1. The number of rotatable bonds is 6. The molecule has 3 N–H and O–H groups in total. The fraction of sp³-hybridized carbons (Fsp3) is 1.00. The van der Waals surface area contributed by atoms with Crippen molar-refractivity contribution in [1.29, 1.82) is 0 Å². The Balaban J connectivity index is 2.13. The lowest BCUT2D eigenvalue weighted by Crippen LogP contribution is -2.40. The highest BCUT2D eigenvalue weighted by Gasteiger charge is 2.27. The van der Waals surface area contributed by atoms with E-state index in [1.807, 2.05) is 0 Å². The van der Waals surface area contributed by atoms with Crippen LogP contribution in [0.4, 0.5) is 0 Å². The molecular weight excluding hydrogens is 172 g/mol. The lowest BCUT2D eigenvalue weighted by Gasteiger charge is -2.26. The molecule has 1 aliphatic carbocycles. The van der Waals surface area contributed by atoms with E-state index < -0.39 is 0 Å². The first kappa shape index (κ1) is 12.0. The molecule has 1 saturated carbocycles. The van der Waals surface area contributed by atoms with Gasteiger partial charge in [-0.1, -0.05) is 26.2 Å². The van der Waals surface area contributed by atoms with Crippen LogP contribution in [0.5, 0.6) is 0 Å². The van der Waals surface area contributed by atoms with Gasteiger partial charge in [-0.25, -0.2) is 0 Å². The summed E-state index contributed by atoms with van der Waals surface area (Å²) in [5, 5.41) is 3.70. The van der Waals surface area contributed by atoms with Crippen molar-refractivity contribution >= 4 is 0 Å². The van der Waals surface area contributed by atoms with Gasteiger partial charge in [-0.2, -0.15) is 0 Å². The molecule has 1 unspecified atom stereocenters. The molecule has 0 radical (unpaired) electrons. The van der Waals surface area contributed by atoms with Crippen LogP contribution in [-0.4, -0.2) is 18.6 Å². The zero-order chi connectivity index (χ0) is 10.4. The van der Waals surface area contributed by atoms with E-state index in [1.165, 1.54) is 38.5 Å². The molecule has 2 nitrogen and oxygen atoms in total. The zero-order valence-corrected chi connectivity index (χ0v) is 9.81. The molecule has 0 bridgehead atoms. The van der Waals surface area contributed by atoms with Crippen LogP contribution in [-0.2, 0) is 0 Å². The van der Waals surface area contributed by atoms with Crippen LogP contribution in [0.15, 0.2) is 0 Å². The average molecular weight is 198 g/mol. The molecule has 1 rings (SSSR count). The summed E-state index contributed by atoms with van der Waals surface area (Å²) < 4.78 is 0. The van der Waals surface area contributed by atoms with Crippen LogP contribution < -0.4 is 11.1 Å². The van der Waals surface area contributed by atoms with E-state index in [9.17, 15) is 0 Å². The fourth-order valence-corrected chi connectivity index (χ4v) is 2.40. The van der Waals surface area contributed by atoms with Gasteiger partial charge in [0.15, 0.2) is 0 Å². The second-order valence-electron chi connectivity index (χ2n) is 4.99. The third-order valence-corrected chi connectivity index (χ3v) is 3.72. The molecule has 2 heteroatoms. The van der Waals surface area contributed by atoms with Crippen LogP contribution in [0.1, 0.15) is 52.4 Å². The molecule has 1 atom stereocenters. The highest BCUT2D eigenvalue weighted by molar-refractivity contribution is 4.88. The second-order valence-corrected chi connectivity index (χ2v) is 4.99. The van der Waals surface area contributed by atoms with Crippen molar-refractivity contribution in [2.45, 2.75) is 57.9 Å². The van der Waals surface area contributed by atoms with Gasteiger partial charge in [-0.3, -0.25) is 0 Å². The third kappa shape index (κ3) is 3.58. The first-order chi connectivity index (χ1) is 6.70. The summed E-state index contributed by atoms with van der Waals surface area (Å²) >= 11 is 0. The summed E-state index contributed by atoms with van der Waals surface area (Å²) in [7, 11) is 0. The minimum absolute atomic E-state index is 0.437. The Kier molecular flexibility index (Phi) is 4.90. The number of nitrogens with two attached hydrogens (primary N) is 1. The minimum Gasteiger partial charge on any atom is -0.330 e. The monoisotopic (exact) mass is 198 g/mol. The Hall–Kier alpha value is -0.0800. The van der Waals surface area contributed by atoms with Crippen molar-refractivity contribution in [2.75, 3.05) is 13.1 Å². The first-order valence-electron chi connectivity index (χ1n) is 6.15. The van der Waals surface area contributed by atoms with Crippen LogP contribution >= 0.6 is 0 Å². The van der Waals surface area contributed by atoms with Crippen LogP contribution in [0.3, 0.4) is 0 Å². The maximum Gasteiger partial charge on any atom is 0.0153 e. The maximum atomic E-state index is 5.68. The first-order valence-corrected chi connectivity index (χ1v) is 6.15. The minimum atomic E-state index is 0.437. The highest BCUT2D eigenvalue weighted by Crippen LogP contribution is 2.28. The maximum absolute atomic E-state index is 5.68. The molecule has 0 aromatic rings. The molecule has 0 aliphatic heterocycles. The van der Waals surface area contributed by atoms with Crippen LogP contribution in [0, 0.1) is 5.92 Å². The van der Waals surface area contributed by atoms with Crippen molar-refractivity contribution in [1.82, 2.24) is 5.32 Å². The quantitative estimate of drug-likeness (QED) is 0.687. The molecular formula is C12H26N2. The predicted molar refractivity (Wildman–Crippen MR) is 62.3 cm³/mol. The second kappa shape index (κ2) is 5.72. The fourth-order valence-electron chi connectivity index (χ4n) is 2.40. The zero-order valence-electron chi connectivity index (χ0n) is 9.81. The Bertz CT molecular complexity index is 146. The molecule has 0 amide bonds. The van der Waals surface area contributed by atoms with Gasteiger partial charge in [-0.05, 0) is 45.2 Å². The van der Waals surface area contributed by atoms with E-state index >= 15 is 0 Å². The smallest absolute Gasteiger partial charge is 0.0153 e. The summed E-state index contributed by atoms with van der Waals surface area (Å²) in [6.07, 6.45) is 7.96. The molecule has 0 saturated heterocycles. The van der Waals surface area contributed by atoms with Gasteiger partial charge >= 0.3 is 0 Å². The predicted octanol–water partition coefficient (Wildman–Crippen LogP) is 2.28. The Labute approximate surface area is 88.6 Å². The Morgan fingerprint density at radius 3 is 2.50 bits per heavy atom. The van der Waals surface area contributed by atoms with Gasteiger partial charge < -0.3 is 11.1 Å². The molecule has 0 aromatic heterocycles. The summed E-state index contributed by atoms with van der Waals surface area (Å²) in [6.45, 7) is 6.58. The Morgan fingerprint density at radius 1 is 1.36 bits per heavy atom. The molecule has 84 valence electrons. The number of hydrogen-bond acceptors (Lipinski definition) is 2. The van der Waals surface area contributed by atoms with E-state index in [0.29, 0.717) is 11.5 Å². The van der Waals surface area contributed by atoms with Crippen molar-refractivity contribution in [3.05, 3.63) is 0 Å². The van der Waals surface area contributed by atoms with Crippen LogP contribution in [0.25, 0.3) is 0 Å². The van der Waals surface area contributed by atoms with Crippen molar-refractivity contribution in [3.8, 4) is 0 Å². The molecule has 0 heterocycles. The van der Waals surface area contributed by atoms with E-state index in [4.69, 9.17) is 5.73 Å². The van der Waals surface area contributed by atoms with Gasteiger partial charge in [0.1, 0.15) is 0 Å². The van der Waals surface area contributed by atoms with Gasteiger partial charge in [0.05, 0.1) is 0 Å². The van der Waals surface area contributed by atoms with E-state index in [-0.39, 0.29) is 0 Å². The van der Waals surface area contributed by atoms with E-state index in [1.54, 1.807) is 0 Å². The lowest BCUT2D eigenvalue weighted by molar-refractivity contribution is 0.341. The standard InChI is InChI=1S/C12H26N2/c1-3-11(10-13)6-9-14-12(2)7-4-5-8-12/h11,14H,3-10,13H2,1-2H3. The van der Waals surface area contributed by atoms with Crippen molar-refractivity contribution in [3.63, 3.8) is 0 Å². The number of nitrogens with one attached hydrogen (secondary N) is 1. The molecule has 1 fully saturated rings. The summed E-state index contributed by atoms with van der Waals surface area (Å²) in [6, 6.07) is 0. The highest BCUT2D eigenvalue weighted by atomic mass is 15.0. The largest absolute Gasteiger partial charge is 0.330 e. The van der Waals surface area contributed by atoms with Gasteiger partial charge in [0.25, 0.3) is 0 Å². The van der Waals surface area contributed by atoms with Crippen molar-refractivity contribution < 1.29 is 0 Å². The molecule has 0 spiro atoms. The third-order valence-electron chi connectivity index (χ3n) is 3.72. The van der Waals surface area contributed by atoms with E-state index in [2.05, 4.69) is 19.2 Å². The summed E-state index contributed by atoms with van der Waals surface area (Å²) in [5.74, 6) is 0.715. The summed E-state index contributed by atoms with van der Waals surface area (Å²) in [4.78, 5) is 0. The molecule has 0 aromatic carbocycles. The number of hydrogen-bond donors (Lipinski definition) is 2. The van der Waals surface area contributed by atoms with Crippen LogP contribution in [0.2, 0.25) is 0 Å². The van der Waals surface area contributed by atoms with Gasteiger partial charge in [-0.15, -0.1) is 0 Å². The van der Waals surface area contributed by atoms with Gasteiger partial charge in [0, 0.05) is 5.54 Å². The molecule has 1 aliphatic rings. The van der Waals surface area contributed by atoms with Crippen molar-refractivity contribution in [2.24, 2.45) is 11.7 Å². The van der Waals surface area contributed by atoms with Gasteiger partial charge in [0.2, 0.25) is 0 Å². The van der Waals surface area contributed by atoms with E-state index in [0.717, 1.165) is 13.1 Å².